The summed E-state index contributed by atoms with van der Waals surface area (Å²) in [6.45, 7) is 0. The van der Waals surface area contributed by atoms with Crippen molar-refractivity contribution in [3.63, 3.8) is 0 Å². The Morgan fingerprint density at radius 1 is 0.205 bits per heavy atom. The van der Waals surface area contributed by atoms with Gasteiger partial charge in [0, 0.05) is 55.4 Å². The van der Waals surface area contributed by atoms with E-state index < -0.39 is 0 Å². The van der Waals surface area contributed by atoms with E-state index in [9.17, 15) is 0 Å². The molecular weight excluding hydrogens is 1500 g/mol. The van der Waals surface area contributed by atoms with E-state index in [1.54, 1.807) is 0 Å². The topological polar surface area (TPSA) is 77.3 Å². The Kier molecular flexibility index (Phi) is 18.0. The van der Waals surface area contributed by atoms with Crippen molar-refractivity contribution in [2.75, 3.05) is 0 Å². The Bertz CT molecular complexity index is 7760. The average Bonchev–Trinajstić information content (AvgIpc) is 1.36. The van der Waals surface area contributed by atoms with Crippen LogP contribution < -0.4 is 0 Å². The van der Waals surface area contributed by atoms with Crippen molar-refractivity contribution < 1.29 is 0 Å². The molecule has 6 nitrogen and oxygen atoms in total. The van der Waals surface area contributed by atoms with Crippen LogP contribution in [0.4, 0.5) is 0 Å². The molecule has 0 saturated heterocycles. The second-order valence-electron chi connectivity index (χ2n) is 31.7. The van der Waals surface area contributed by atoms with Crippen LogP contribution in [0, 0.1) is 0 Å². The number of rotatable bonds is 12. The lowest BCUT2D eigenvalue weighted by atomic mass is 9.90. The van der Waals surface area contributed by atoms with Crippen LogP contribution in [0.3, 0.4) is 0 Å². The molecule has 0 radical (unpaired) electrons. The van der Waals surface area contributed by atoms with Crippen LogP contribution in [0.15, 0.2) is 435 Å². The van der Waals surface area contributed by atoms with E-state index in [2.05, 4.69) is 431 Å². The zero-order valence-corrected chi connectivity index (χ0v) is 67.1. The van der Waals surface area contributed by atoms with Crippen LogP contribution >= 0.6 is 11.8 Å². The number of thioether (sulfide) groups is 1. The Balaban J connectivity index is 0.000000142. The Morgan fingerprint density at radius 2 is 0.508 bits per heavy atom. The van der Waals surface area contributed by atoms with Gasteiger partial charge in [-0.05, 0) is 172 Å². The maximum atomic E-state index is 5.27. The standard InChI is InChI=1S/C58H37N3.C57H37N3S/c1-4-17-44-37(12-1)15-9-22-45(44)39-26-30-41(31-27-39)56-59-57(42-32-28-40(29-33-42)47-23-11-25-50-48-19-6-3-14-43(48)36-55(47)50)61-58(60-56)54-35-34-53(51-20-7-8-21-52(51)54)49-24-10-16-38-13-2-5-18-46(38)49;1-3-16-42-36(12-1)14-9-21-43(42)38-26-30-40(31-27-38)55-58-56(41-32-28-39(29-33-41)45-22-11-24-51-50-20-7-8-25-53(50)61-54(45)51)60-57(59-55)52-35-34-49(47-18-5-6-19-48(47)52)46-23-10-15-37-13-2-4-17-44(37)46/h1-36,48H;1-35,50,53H. The Labute approximate surface area is 711 Å². The van der Waals surface area contributed by atoms with Crippen LogP contribution in [-0.2, 0) is 0 Å². The zero-order chi connectivity index (χ0) is 80.6. The molecule has 0 fully saturated rings. The molecule has 3 heterocycles. The Hall–Kier alpha value is -15.4. The maximum Gasteiger partial charge on any atom is 0.164 e. The van der Waals surface area contributed by atoms with Gasteiger partial charge in [0.15, 0.2) is 34.9 Å². The molecule has 20 aromatic rings. The van der Waals surface area contributed by atoms with Crippen LogP contribution in [0.5, 0.6) is 0 Å². The largest absolute Gasteiger partial charge is 0.208 e. The van der Waals surface area contributed by atoms with E-state index in [4.69, 9.17) is 29.9 Å². The molecule has 3 aliphatic carbocycles. The summed E-state index contributed by atoms with van der Waals surface area (Å²) in [5.41, 5.74) is 25.4. The lowest BCUT2D eigenvalue weighted by Crippen LogP contribution is -2.06. The van der Waals surface area contributed by atoms with E-state index in [0.29, 0.717) is 52.0 Å². The maximum absolute atomic E-state index is 5.27. The molecule has 24 rings (SSSR count). The minimum atomic E-state index is 0.319. The van der Waals surface area contributed by atoms with Gasteiger partial charge < -0.3 is 0 Å². The number of benzene rings is 18. The minimum absolute atomic E-state index is 0.319. The first-order valence-electron chi connectivity index (χ1n) is 41.7. The third kappa shape index (κ3) is 12.9. The van der Waals surface area contributed by atoms with Crippen LogP contribution in [0.25, 0.3) is 206 Å². The molecule has 1 aliphatic heterocycles. The highest BCUT2D eigenvalue weighted by Gasteiger charge is 2.33. The van der Waals surface area contributed by atoms with E-state index in [1.165, 1.54) is 120 Å². The van der Waals surface area contributed by atoms with Gasteiger partial charge >= 0.3 is 0 Å². The summed E-state index contributed by atoms with van der Waals surface area (Å²) < 4.78 is 0. The molecule has 570 valence electrons. The molecule has 2 aromatic heterocycles. The third-order valence-corrected chi connectivity index (χ3v) is 26.2. The molecular formula is C115H74N6S. The SMILES string of the molecule is C1=CC2=Cc3c(-c4ccc(-c5nc(-c6ccc(-c7cccc8ccccc78)cc6)nc(-c6ccc(-c7cccc8ccccc78)c7ccccc67)n5)cc4)cccc3C2C=C1.C1=CC2Sc3c(-c4ccc(-c5nc(-c6ccc(-c7cccc8ccccc78)cc6)nc(-c6ccc(-c7cccc8ccccc78)c7ccccc67)n5)cc4)cccc3C2C=C1. The fourth-order valence-corrected chi connectivity index (χ4v) is 20.2. The smallest absolute Gasteiger partial charge is 0.164 e. The normalized spacial score (nSPS) is 14.7. The first kappa shape index (κ1) is 71.9. The molecule has 0 amide bonds. The Morgan fingerprint density at radius 3 is 0.959 bits per heavy atom. The summed E-state index contributed by atoms with van der Waals surface area (Å²) in [4.78, 5) is 32.8. The van der Waals surface area contributed by atoms with E-state index in [-0.39, 0.29) is 0 Å². The molecule has 3 atom stereocenters. The van der Waals surface area contributed by atoms with E-state index in [1.807, 2.05) is 11.8 Å². The second kappa shape index (κ2) is 30.5. The van der Waals surface area contributed by atoms with Gasteiger partial charge in [-0.15, -0.1) is 11.8 Å². The summed E-state index contributed by atoms with van der Waals surface area (Å²) >= 11 is 1.97. The number of fused-ring (bicyclic) bond motifs is 12. The summed E-state index contributed by atoms with van der Waals surface area (Å²) in [5.74, 6) is 4.56. The number of allylic oxidation sites excluding steroid dienone is 8. The second-order valence-corrected chi connectivity index (χ2v) is 32.9. The highest BCUT2D eigenvalue weighted by Crippen LogP contribution is 2.53. The highest BCUT2D eigenvalue weighted by molar-refractivity contribution is 8.00. The van der Waals surface area contributed by atoms with Gasteiger partial charge in [0.2, 0.25) is 0 Å². The van der Waals surface area contributed by atoms with Crippen LogP contribution in [0.1, 0.15) is 28.5 Å². The number of hydrogen-bond acceptors (Lipinski definition) is 7. The van der Waals surface area contributed by atoms with Gasteiger partial charge in [-0.2, -0.15) is 0 Å². The van der Waals surface area contributed by atoms with Crippen molar-refractivity contribution in [1.82, 2.24) is 29.9 Å². The number of aromatic nitrogens is 6. The zero-order valence-electron chi connectivity index (χ0n) is 66.3. The molecule has 4 aliphatic rings. The molecule has 122 heavy (non-hydrogen) atoms. The van der Waals surface area contributed by atoms with Crippen molar-refractivity contribution in [2.45, 2.75) is 22.0 Å². The van der Waals surface area contributed by atoms with E-state index in [0.717, 1.165) is 71.6 Å². The van der Waals surface area contributed by atoms with Gasteiger partial charge in [-0.25, -0.2) is 29.9 Å². The molecule has 0 bridgehead atoms. The van der Waals surface area contributed by atoms with Gasteiger partial charge in [0.1, 0.15) is 0 Å². The summed E-state index contributed by atoms with van der Waals surface area (Å²) in [6.07, 6.45) is 20.2. The highest BCUT2D eigenvalue weighted by atomic mass is 32.2. The molecule has 18 aromatic carbocycles. The van der Waals surface area contributed by atoms with Crippen LogP contribution in [-0.4, -0.2) is 35.2 Å². The quantitative estimate of drug-likeness (QED) is 0.121. The lowest BCUT2D eigenvalue weighted by Gasteiger charge is -2.15. The van der Waals surface area contributed by atoms with Crippen molar-refractivity contribution in [2.24, 2.45) is 0 Å². The minimum Gasteiger partial charge on any atom is -0.208 e. The fraction of sp³-hybridized carbons (Fsp3) is 0.0261. The van der Waals surface area contributed by atoms with Crippen molar-refractivity contribution >= 4 is 82.5 Å². The first-order chi connectivity index (χ1) is 60.5. The first-order valence-corrected chi connectivity index (χ1v) is 42.6. The fourth-order valence-electron chi connectivity index (χ4n) is 18.7. The van der Waals surface area contributed by atoms with Gasteiger partial charge in [0.25, 0.3) is 0 Å². The van der Waals surface area contributed by atoms with Crippen molar-refractivity contribution in [3.05, 3.63) is 447 Å². The van der Waals surface area contributed by atoms with Crippen molar-refractivity contribution in [3.8, 4) is 135 Å². The summed E-state index contributed by atoms with van der Waals surface area (Å²) in [5, 5.41) is 14.8. The number of nitrogens with zero attached hydrogens (tertiary/aromatic N) is 6. The predicted octanol–water partition coefficient (Wildman–Crippen LogP) is 30.0. The molecule has 0 saturated carbocycles. The van der Waals surface area contributed by atoms with Crippen molar-refractivity contribution in [1.29, 1.82) is 0 Å². The molecule has 0 N–H and O–H groups in total. The molecule has 7 heteroatoms. The van der Waals surface area contributed by atoms with Gasteiger partial charge in [-0.1, -0.05) is 413 Å². The predicted molar refractivity (Wildman–Crippen MR) is 510 cm³/mol. The average molecular weight is 1570 g/mol. The third-order valence-electron chi connectivity index (χ3n) is 24.7. The summed E-state index contributed by atoms with van der Waals surface area (Å²) in [6, 6.07) is 135. The van der Waals surface area contributed by atoms with E-state index >= 15 is 0 Å². The lowest BCUT2D eigenvalue weighted by molar-refractivity contribution is 0.881. The summed E-state index contributed by atoms with van der Waals surface area (Å²) in [7, 11) is 0. The monoisotopic (exact) mass is 1570 g/mol. The van der Waals surface area contributed by atoms with Gasteiger partial charge in [-0.3, -0.25) is 0 Å². The molecule has 0 spiro atoms. The van der Waals surface area contributed by atoms with Gasteiger partial charge in [0.05, 0.1) is 0 Å². The molecule has 3 unspecified atom stereocenters. The van der Waals surface area contributed by atoms with Crippen LogP contribution in [0.2, 0.25) is 0 Å². The number of hydrogen-bond donors (Lipinski definition) is 0.